The molecule has 15 heavy (non-hydrogen) atoms. The maximum atomic E-state index is 12.5. The summed E-state index contributed by atoms with van der Waals surface area (Å²) in [5.41, 5.74) is -1.25. The third kappa shape index (κ3) is 2.54. The van der Waals surface area contributed by atoms with Crippen LogP contribution in [-0.4, -0.2) is 16.1 Å². The van der Waals surface area contributed by atoms with Crippen molar-refractivity contribution in [1.82, 2.24) is 4.98 Å². The number of carboxylic acid groups (broad SMARTS) is 1. The van der Waals surface area contributed by atoms with E-state index in [1.165, 1.54) is 0 Å². The topological polar surface area (TPSA) is 50.2 Å². The molecule has 1 aromatic heterocycles. The summed E-state index contributed by atoms with van der Waals surface area (Å²) in [6.07, 6.45) is -2.91. The number of hydrogen-bond donors (Lipinski definition) is 1. The number of nitrogens with zero attached hydrogens (tertiary/aromatic N) is 1. The van der Waals surface area contributed by atoms with Crippen molar-refractivity contribution in [2.24, 2.45) is 0 Å². The average molecular weight is 256 g/mol. The second-order valence-corrected chi connectivity index (χ2v) is 3.27. The molecule has 0 aromatic carbocycles. The predicted molar refractivity (Wildman–Crippen MR) is 50.7 cm³/mol. The molecular weight excluding hydrogens is 251 g/mol. The van der Waals surface area contributed by atoms with Crippen LogP contribution in [0.4, 0.5) is 8.78 Å². The Balaban J connectivity index is 3.38. The maximum absolute atomic E-state index is 12.5. The lowest BCUT2D eigenvalue weighted by Gasteiger charge is -2.08. The zero-order valence-electron chi connectivity index (χ0n) is 7.18. The van der Waals surface area contributed by atoms with Gasteiger partial charge in [-0.2, -0.15) is 0 Å². The molecule has 1 rings (SSSR count). The van der Waals surface area contributed by atoms with Gasteiger partial charge in [0.2, 0.25) is 0 Å². The Morgan fingerprint density at radius 3 is 2.60 bits per heavy atom. The van der Waals surface area contributed by atoms with Crippen LogP contribution in [0, 0.1) is 0 Å². The number of rotatable bonds is 3. The highest BCUT2D eigenvalue weighted by atomic mass is 35.5. The Kier molecular flexibility index (Phi) is 3.82. The monoisotopic (exact) mass is 255 g/mol. The van der Waals surface area contributed by atoms with Crippen LogP contribution in [0.15, 0.2) is 6.07 Å². The Morgan fingerprint density at radius 1 is 1.60 bits per heavy atom. The number of hydrogen-bond acceptors (Lipinski definition) is 2. The van der Waals surface area contributed by atoms with E-state index in [0.717, 1.165) is 6.07 Å². The molecule has 1 aromatic rings. The van der Waals surface area contributed by atoms with Crippen LogP contribution >= 0.6 is 23.2 Å². The van der Waals surface area contributed by atoms with Crippen molar-refractivity contribution in [1.29, 1.82) is 0 Å². The minimum atomic E-state index is -2.91. The smallest absolute Gasteiger partial charge is 0.354 e. The van der Waals surface area contributed by atoms with E-state index in [1.54, 1.807) is 0 Å². The minimum absolute atomic E-state index is 0.0432. The van der Waals surface area contributed by atoms with E-state index in [0.29, 0.717) is 0 Å². The van der Waals surface area contributed by atoms with Crippen molar-refractivity contribution in [3.05, 3.63) is 28.0 Å². The van der Waals surface area contributed by atoms with E-state index >= 15 is 0 Å². The molecule has 0 spiro atoms. The van der Waals surface area contributed by atoms with Gasteiger partial charge < -0.3 is 5.11 Å². The summed E-state index contributed by atoms with van der Waals surface area (Å²) in [5, 5.41) is 8.46. The zero-order valence-corrected chi connectivity index (χ0v) is 8.69. The van der Waals surface area contributed by atoms with Crippen LogP contribution in [0.1, 0.15) is 28.2 Å². The highest BCUT2D eigenvalue weighted by Gasteiger charge is 2.20. The van der Waals surface area contributed by atoms with Gasteiger partial charge in [-0.3, -0.25) is 0 Å². The predicted octanol–water partition coefficient (Wildman–Crippen LogP) is 3.11. The van der Waals surface area contributed by atoms with E-state index in [9.17, 15) is 13.6 Å². The summed E-state index contributed by atoms with van der Waals surface area (Å²) in [5.74, 6) is -1.66. The zero-order chi connectivity index (χ0) is 11.6. The largest absolute Gasteiger partial charge is 0.477 e. The van der Waals surface area contributed by atoms with Crippen molar-refractivity contribution >= 4 is 29.2 Å². The fourth-order valence-electron chi connectivity index (χ4n) is 0.981. The molecular formula is C8H5Cl2F2NO2. The van der Waals surface area contributed by atoms with Gasteiger partial charge in [0.15, 0.2) is 0 Å². The van der Waals surface area contributed by atoms with Gasteiger partial charge in [-0.1, -0.05) is 11.6 Å². The molecule has 0 aliphatic carbocycles. The normalized spacial score (nSPS) is 10.7. The summed E-state index contributed by atoms with van der Waals surface area (Å²) >= 11 is 11.0. The lowest BCUT2D eigenvalue weighted by molar-refractivity contribution is 0.0688. The number of halogens is 4. The Bertz CT molecular complexity index is 398. The lowest BCUT2D eigenvalue weighted by atomic mass is 10.2. The Hall–Kier alpha value is -0.940. The molecule has 1 heterocycles. The fraction of sp³-hybridized carbons (Fsp3) is 0.250. The second-order valence-electron chi connectivity index (χ2n) is 2.59. The summed E-state index contributed by atoms with van der Waals surface area (Å²) in [6, 6.07) is 0.994. The third-order valence-electron chi connectivity index (χ3n) is 1.66. The van der Waals surface area contributed by atoms with Crippen LogP contribution in [0.2, 0.25) is 5.02 Å². The highest BCUT2D eigenvalue weighted by Crippen LogP contribution is 2.28. The number of aromatic nitrogens is 1. The standard InChI is InChI=1S/C8H5Cl2F2NO2/c9-2-3-4(10)1-5(8(14)15)13-6(3)7(11)12/h1,7H,2H2,(H,14,15). The lowest BCUT2D eigenvalue weighted by Crippen LogP contribution is -2.06. The molecule has 0 bridgehead atoms. The van der Waals surface area contributed by atoms with Gasteiger partial charge >= 0.3 is 5.97 Å². The average Bonchev–Trinajstić information content (AvgIpc) is 2.16. The van der Waals surface area contributed by atoms with E-state index in [4.69, 9.17) is 28.3 Å². The number of pyridine rings is 1. The van der Waals surface area contributed by atoms with Gasteiger partial charge in [-0.25, -0.2) is 18.6 Å². The highest BCUT2D eigenvalue weighted by molar-refractivity contribution is 6.32. The molecule has 0 saturated carbocycles. The molecule has 0 fully saturated rings. The Labute approximate surface area is 93.6 Å². The van der Waals surface area contributed by atoms with E-state index in [1.807, 2.05) is 0 Å². The van der Waals surface area contributed by atoms with Crippen molar-refractivity contribution in [2.45, 2.75) is 12.3 Å². The molecule has 0 unspecified atom stereocenters. The van der Waals surface area contributed by atoms with E-state index in [-0.39, 0.29) is 16.5 Å². The SMILES string of the molecule is O=C(O)c1cc(Cl)c(CCl)c(C(F)F)n1. The van der Waals surface area contributed by atoms with Crippen LogP contribution in [0.3, 0.4) is 0 Å². The second kappa shape index (κ2) is 4.72. The van der Waals surface area contributed by atoms with Gasteiger partial charge in [0.25, 0.3) is 6.43 Å². The van der Waals surface area contributed by atoms with Crippen LogP contribution in [-0.2, 0) is 5.88 Å². The van der Waals surface area contributed by atoms with Crippen molar-refractivity contribution < 1.29 is 18.7 Å². The number of carboxylic acids is 1. The fourth-order valence-corrected chi connectivity index (χ4v) is 1.60. The van der Waals surface area contributed by atoms with Crippen molar-refractivity contribution in [3.63, 3.8) is 0 Å². The summed E-state index contributed by atoms with van der Waals surface area (Å²) in [7, 11) is 0. The molecule has 0 radical (unpaired) electrons. The molecule has 7 heteroatoms. The first-order valence-electron chi connectivity index (χ1n) is 3.74. The first-order chi connectivity index (χ1) is 6.97. The molecule has 0 aliphatic heterocycles. The van der Waals surface area contributed by atoms with Crippen LogP contribution < -0.4 is 0 Å². The van der Waals surface area contributed by atoms with Crippen LogP contribution in [0.25, 0.3) is 0 Å². The van der Waals surface area contributed by atoms with Crippen molar-refractivity contribution in [2.75, 3.05) is 0 Å². The first-order valence-corrected chi connectivity index (χ1v) is 4.65. The van der Waals surface area contributed by atoms with Gasteiger partial charge in [0, 0.05) is 10.6 Å². The minimum Gasteiger partial charge on any atom is -0.477 e. The van der Waals surface area contributed by atoms with Gasteiger partial charge in [0.05, 0.1) is 5.88 Å². The van der Waals surface area contributed by atoms with E-state index < -0.39 is 23.8 Å². The quantitative estimate of drug-likeness (QED) is 0.845. The van der Waals surface area contributed by atoms with Gasteiger partial charge in [-0.05, 0) is 6.07 Å². The molecule has 0 saturated heterocycles. The number of carbonyl (C=O) groups is 1. The maximum Gasteiger partial charge on any atom is 0.354 e. The summed E-state index contributed by atoms with van der Waals surface area (Å²) < 4.78 is 24.9. The number of alkyl halides is 3. The molecule has 3 nitrogen and oxygen atoms in total. The van der Waals surface area contributed by atoms with Gasteiger partial charge in [0.1, 0.15) is 11.4 Å². The summed E-state index contributed by atoms with van der Waals surface area (Å²) in [6.45, 7) is 0. The molecule has 0 aliphatic rings. The Morgan fingerprint density at radius 2 is 2.20 bits per heavy atom. The van der Waals surface area contributed by atoms with Crippen LogP contribution in [0.5, 0.6) is 0 Å². The number of aromatic carboxylic acids is 1. The van der Waals surface area contributed by atoms with Gasteiger partial charge in [-0.15, -0.1) is 11.6 Å². The molecule has 0 amide bonds. The molecule has 82 valence electrons. The van der Waals surface area contributed by atoms with E-state index in [2.05, 4.69) is 4.98 Å². The molecule has 0 atom stereocenters. The van der Waals surface area contributed by atoms with Crippen molar-refractivity contribution in [3.8, 4) is 0 Å². The summed E-state index contributed by atoms with van der Waals surface area (Å²) in [4.78, 5) is 13.8. The molecule has 1 N–H and O–H groups in total. The first kappa shape index (κ1) is 12.1. The third-order valence-corrected chi connectivity index (χ3v) is 2.27.